The normalized spacial score (nSPS) is 14.8. The lowest BCUT2D eigenvalue weighted by Gasteiger charge is -2.29. The van der Waals surface area contributed by atoms with Crippen LogP contribution in [0.1, 0.15) is 111 Å². The number of primary amides is 3. The van der Waals surface area contributed by atoms with Crippen LogP contribution in [0.2, 0.25) is 0 Å². The Balaban J connectivity index is 6.62. The molecule has 0 heterocycles. The van der Waals surface area contributed by atoms with Crippen LogP contribution in [0.15, 0.2) is 0 Å². The minimum atomic E-state index is -1.69. The molecule has 0 aromatic heterocycles. The predicted molar refractivity (Wildman–Crippen MR) is 236 cm³/mol. The predicted octanol–water partition coefficient (Wildman–Crippen LogP) is -5.49. The van der Waals surface area contributed by atoms with Gasteiger partial charge in [0.05, 0.1) is 6.04 Å². The lowest BCUT2D eigenvalue weighted by atomic mass is 9.96. The van der Waals surface area contributed by atoms with Crippen molar-refractivity contribution in [2.45, 2.75) is 159 Å². The van der Waals surface area contributed by atoms with Crippen LogP contribution in [0.4, 0.5) is 0 Å². The zero-order chi connectivity index (χ0) is 52.3. The molecular formula is C40H68N12O16. The third kappa shape index (κ3) is 25.1. The maximum Gasteiger partial charge on any atom is 0.326 e. The fraction of sp³-hybridized carbons (Fsp3) is 0.675. The summed E-state index contributed by atoms with van der Waals surface area (Å²) in [5.74, 6) is -14.5. The molecule has 0 saturated heterocycles. The quantitative estimate of drug-likeness (QED) is 0.0260. The molecule has 0 aliphatic rings. The Morgan fingerprint density at radius 2 is 0.809 bits per heavy atom. The smallest absolute Gasteiger partial charge is 0.326 e. The highest BCUT2D eigenvalue weighted by atomic mass is 16.4. The maximum atomic E-state index is 13.9. The molecule has 0 fully saturated rings. The maximum absolute atomic E-state index is 13.9. The van der Waals surface area contributed by atoms with Crippen molar-refractivity contribution in [1.29, 1.82) is 0 Å². The summed E-state index contributed by atoms with van der Waals surface area (Å²) in [4.78, 5) is 163. The summed E-state index contributed by atoms with van der Waals surface area (Å²) in [6, 6.07) is -12.2. The SMILES string of the molecule is CC[C@H](C)[C@H](NC(=O)[C@@H](N)CCC(=O)O)C(=O)N[C@@H](CCC(=O)O)C(=O)N[C@@H](CCC(N)=O)C(=O)N[C@@H](CCCCN)C(=O)N[C@@H](CCC(N)=O)C(=O)N[C@@H](C)C(=O)N[C@@H](CCC(N)=O)C(=O)O. The summed E-state index contributed by atoms with van der Waals surface area (Å²) >= 11 is 0. The van der Waals surface area contributed by atoms with Crippen LogP contribution in [0.25, 0.3) is 0 Å². The van der Waals surface area contributed by atoms with Crippen molar-refractivity contribution in [1.82, 2.24) is 37.2 Å². The number of hydrogen-bond acceptors (Lipinski definition) is 15. The van der Waals surface area contributed by atoms with Gasteiger partial charge in [-0.2, -0.15) is 0 Å². The number of carboxylic acids is 3. The molecule has 9 atom stereocenters. The van der Waals surface area contributed by atoms with E-state index in [1.54, 1.807) is 13.8 Å². The van der Waals surface area contributed by atoms with E-state index in [-0.39, 0.29) is 38.6 Å². The average molecular weight is 973 g/mol. The van der Waals surface area contributed by atoms with Gasteiger partial charge >= 0.3 is 17.9 Å². The summed E-state index contributed by atoms with van der Waals surface area (Å²) in [5, 5.41) is 44.3. The largest absolute Gasteiger partial charge is 0.481 e. The van der Waals surface area contributed by atoms with E-state index in [9.17, 15) is 72.5 Å². The number of unbranched alkanes of at least 4 members (excludes halogenated alkanes) is 1. The van der Waals surface area contributed by atoms with E-state index < -0.39 is 176 Å². The summed E-state index contributed by atoms with van der Waals surface area (Å²) in [6.45, 7) is 4.58. The van der Waals surface area contributed by atoms with Crippen molar-refractivity contribution in [2.75, 3.05) is 6.54 Å². The molecule has 0 rings (SSSR count). The summed E-state index contributed by atoms with van der Waals surface area (Å²) < 4.78 is 0. The lowest BCUT2D eigenvalue weighted by Crippen LogP contribution is -2.60. The van der Waals surface area contributed by atoms with Gasteiger partial charge in [-0.25, -0.2) is 4.79 Å². The van der Waals surface area contributed by atoms with E-state index in [4.69, 9.17) is 33.8 Å². The zero-order valence-corrected chi connectivity index (χ0v) is 38.3. The Hall–Kier alpha value is -6.97. The van der Waals surface area contributed by atoms with E-state index in [1.165, 1.54) is 6.92 Å². The van der Waals surface area contributed by atoms with Crippen molar-refractivity contribution in [3.63, 3.8) is 0 Å². The van der Waals surface area contributed by atoms with Crippen molar-refractivity contribution < 1.29 is 77.6 Å². The third-order valence-electron chi connectivity index (χ3n) is 10.3. The number of carbonyl (C=O) groups is 13. The molecule has 0 radical (unpaired) electrons. The summed E-state index contributed by atoms with van der Waals surface area (Å²) in [6.07, 6.45) is -3.93. The van der Waals surface area contributed by atoms with E-state index >= 15 is 0 Å². The van der Waals surface area contributed by atoms with Crippen LogP contribution in [0.3, 0.4) is 0 Å². The van der Waals surface area contributed by atoms with Crippen LogP contribution in [-0.2, 0) is 62.3 Å². The fourth-order valence-electron chi connectivity index (χ4n) is 6.08. The minimum Gasteiger partial charge on any atom is -0.481 e. The fourth-order valence-corrected chi connectivity index (χ4v) is 6.08. The standard InChI is InChI=1S/C40H68N12O16/c1-4-19(2)32(52-34(61)21(42)8-16-30(56)57)39(66)50-25(12-17-31(58)59)38(65)49-24(10-14-28(44)54)37(64)47-22(7-5-6-18-41)36(63)48-23(9-13-27(43)53)35(62)46-20(3)33(60)51-26(40(67)68)11-15-29(45)55/h19-26,32H,4-18,41-42H2,1-3H3,(H2,43,53)(H2,44,54)(H2,45,55)(H,46,62)(H,47,64)(H,48,63)(H,49,65)(H,50,66)(H,51,60)(H,52,61)(H,56,57)(H,58,59)(H,67,68)/t19-,20-,21-,22-,23-,24-,25-,26-,32-/m0/s1. The first-order chi connectivity index (χ1) is 31.7. The Labute approximate surface area is 391 Å². The van der Waals surface area contributed by atoms with E-state index in [2.05, 4.69) is 37.2 Å². The number of nitrogens with one attached hydrogen (secondary N) is 7. The van der Waals surface area contributed by atoms with E-state index in [0.29, 0.717) is 12.8 Å². The molecule has 20 N–H and O–H groups in total. The number of rotatable bonds is 36. The summed E-state index contributed by atoms with van der Waals surface area (Å²) in [7, 11) is 0. The van der Waals surface area contributed by atoms with Gasteiger partial charge in [0.25, 0.3) is 0 Å². The number of amides is 10. The van der Waals surface area contributed by atoms with Crippen LogP contribution >= 0.6 is 0 Å². The van der Waals surface area contributed by atoms with Gasteiger partial charge in [0.15, 0.2) is 0 Å². The molecule has 0 aliphatic heterocycles. The second-order valence-corrected chi connectivity index (χ2v) is 16.0. The topological polar surface area (TPSA) is 497 Å². The molecule has 0 aromatic rings. The van der Waals surface area contributed by atoms with Crippen LogP contribution in [0.5, 0.6) is 0 Å². The van der Waals surface area contributed by atoms with Crippen molar-refractivity contribution >= 4 is 77.0 Å². The van der Waals surface area contributed by atoms with Gasteiger partial charge < -0.3 is 81.2 Å². The molecule has 0 aromatic carbocycles. The van der Waals surface area contributed by atoms with E-state index in [0.717, 1.165) is 0 Å². The van der Waals surface area contributed by atoms with Gasteiger partial charge in [-0.3, -0.25) is 57.5 Å². The molecule has 28 heteroatoms. The van der Waals surface area contributed by atoms with Crippen molar-refractivity contribution in [3.8, 4) is 0 Å². The molecule has 28 nitrogen and oxygen atoms in total. The first-order valence-corrected chi connectivity index (χ1v) is 21.8. The highest BCUT2D eigenvalue weighted by molar-refractivity contribution is 5.98. The van der Waals surface area contributed by atoms with Gasteiger partial charge in [0.2, 0.25) is 59.1 Å². The van der Waals surface area contributed by atoms with Crippen LogP contribution < -0.4 is 65.9 Å². The molecule has 0 saturated carbocycles. The van der Waals surface area contributed by atoms with Gasteiger partial charge in [-0.05, 0) is 70.8 Å². The molecule has 384 valence electrons. The number of carboxylic acid groups (broad SMARTS) is 3. The van der Waals surface area contributed by atoms with Gasteiger partial charge in [0.1, 0.15) is 42.3 Å². The molecule has 0 spiro atoms. The first kappa shape index (κ1) is 61.0. The molecular weight excluding hydrogens is 905 g/mol. The molecule has 0 bridgehead atoms. The summed E-state index contributed by atoms with van der Waals surface area (Å²) in [5.41, 5.74) is 27.1. The Morgan fingerprint density at radius 1 is 0.441 bits per heavy atom. The second-order valence-electron chi connectivity index (χ2n) is 16.0. The van der Waals surface area contributed by atoms with Crippen LogP contribution in [0, 0.1) is 5.92 Å². The number of nitrogens with two attached hydrogens (primary N) is 5. The third-order valence-corrected chi connectivity index (χ3v) is 10.3. The first-order valence-electron chi connectivity index (χ1n) is 21.8. The monoisotopic (exact) mass is 972 g/mol. The molecule has 0 aliphatic carbocycles. The zero-order valence-electron chi connectivity index (χ0n) is 38.3. The Kier molecular flexibility index (Phi) is 28.6. The molecule has 10 amide bonds. The van der Waals surface area contributed by atoms with Gasteiger partial charge in [0, 0.05) is 32.1 Å². The lowest BCUT2D eigenvalue weighted by molar-refractivity contribution is -0.142. The van der Waals surface area contributed by atoms with Crippen LogP contribution in [-0.4, -0.2) is 147 Å². The number of hydrogen-bond donors (Lipinski definition) is 15. The second kappa shape index (κ2) is 31.9. The van der Waals surface area contributed by atoms with Crippen molar-refractivity contribution in [3.05, 3.63) is 0 Å². The molecule has 0 unspecified atom stereocenters. The Morgan fingerprint density at radius 3 is 1.21 bits per heavy atom. The Bertz CT molecular complexity index is 1820. The minimum absolute atomic E-state index is 0.143. The van der Waals surface area contributed by atoms with Crippen molar-refractivity contribution in [2.24, 2.45) is 34.6 Å². The van der Waals surface area contributed by atoms with E-state index in [1.807, 2.05) is 0 Å². The average Bonchev–Trinajstić information content (AvgIpc) is 3.25. The number of aliphatic carboxylic acids is 3. The molecule has 68 heavy (non-hydrogen) atoms. The van der Waals surface area contributed by atoms with Gasteiger partial charge in [-0.1, -0.05) is 20.3 Å². The highest BCUT2D eigenvalue weighted by Crippen LogP contribution is 2.12. The highest BCUT2D eigenvalue weighted by Gasteiger charge is 2.35. The van der Waals surface area contributed by atoms with Gasteiger partial charge in [-0.15, -0.1) is 0 Å². The number of carbonyl (C=O) groups excluding carboxylic acids is 10.